The van der Waals surface area contributed by atoms with Crippen molar-refractivity contribution < 1.29 is 28.2 Å². The molecule has 2 aromatic rings. The molecule has 2 amide bonds. The lowest BCUT2D eigenvalue weighted by atomic mass is 9.86. The second-order valence-electron chi connectivity index (χ2n) is 11.9. The average Bonchev–Trinajstić information content (AvgIpc) is 3.70. The average molecular weight is 581 g/mol. The fraction of sp³-hybridized carbons (Fsp3) is 0.581. The number of carbonyl (C=O) groups excluding carboxylic acids is 2. The van der Waals surface area contributed by atoms with E-state index >= 15 is 0 Å². The molecule has 1 unspecified atom stereocenters. The van der Waals surface area contributed by atoms with Crippen LogP contribution in [-0.4, -0.2) is 65.4 Å². The topological polar surface area (TPSA) is 129 Å². The maximum atomic E-state index is 15.0. The van der Waals surface area contributed by atoms with Gasteiger partial charge in [0.05, 0.1) is 30.9 Å². The number of hydrogen-bond acceptors (Lipinski definition) is 6. The maximum absolute atomic E-state index is 15.0. The van der Waals surface area contributed by atoms with Crippen LogP contribution in [0.4, 0.5) is 10.4 Å². The number of aromatic hydroxyl groups is 1. The van der Waals surface area contributed by atoms with Crippen molar-refractivity contribution in [2.75, 3.05) is 37.7 Å². The summed E-state index contributed by atoms with van der Waals surface area (Å²) in [5.74, 6) is 0.953. The number of rotatable bonds is 9. The molecule has 0 radical (unpaired) electrons. The first-order valence-corrected chi connectivity index (χ1v) is 15.1. The molecule has 2 atom stereocenters. The van der Waals surface area contributed by atoms with Crippen LogP contribution < -0.4 is 15.2 Å². The van der Waals surface area contributed by atoms with E-state index in [0.29, 0.717) is 56.5 Å². The van der Waals surface area contributed by atoms with Gasteiger partial charge in [-0.1, -0.05) is 19.9 Å². The van der Waals surface area contributed by atoms with E-state index in [1.165, 1.54) is 0 Å². The smallest absolute Gasteiger partial charge is 0.435 e. The number of H-pyrrole nitrogens is 1. The molecule has 11 heteroatoms. The van der Waals surface area contributed by atoms with Gasteiger partial charge in [0.1, 0.15) is 6.04 Å². The van der Waals surface area contributed by atoms with E-state index in [0.717, 1.165) is 49.3 Å². The minimum absolute atomic E-state index is 0.0847. The van der Waals surface area contributed by atoms with Gasteiger partial charge in [0.2, 0.25) is 17.6 Å². The first kappa shape index (κ1) is 29.5. The third-order valence-corrected chi connectivity index (χ3v) is 8.67. The van der Waals surface area contributed by atoms with Crippen LogP contribution in [-0.2, 0) is 9.59 Å². The van der Waals surface area contributed by atoms with Crippen molar-refractivity contribution in [3.63, 3.8) is 0 Å². The Morgan fingerprint density at radius 3 is 2.71 bits per heavy atom. The summed E-state index contributed by atoms with van der Waals surface area (Å²) in [6.07, 6.45) is 7.22. The number of nitrogens with zero attached hydrogens (tertiary/aromatic N) is 4. The van der Waals surface area contributed by atoms with Gasteiger partial charge in [-0.05, 0) is 68.2 Å². The highest BCUT2D eigenvalue weighted by molar-refractivity contribution is 5.87. The van der Waals surface area contributed by atoms with Crippen LogP contribution in [0.15, 0.2) is 28.8 Å². The van der Waals surface area contributed by atoms with E-state index in [1.54, 1.807) is 17.0 Å². The minimum Gasteiger partial charge on any atom is -0.580 e. The van der Waals surface area contributed by atoms with Crippen LogP contribution in [0.5, 0.6) is 5.75 Å². The number of anilines is 1. The number of nitrogens with one attached hydrogen (secondary N) is 2. The fourth-order valence-electron chi connectivity index (χ4n) is 5.96. The Balaban J connectivity index is 1.06. The molecule has 5 rings (SSSR count). The molecule has 0 spiro atoms. The summed E-state index contributed by atoms with van der Waals surface area (Å²) in [6.45, 7) is 6.87. The molecule has 3 aliphatic rings. The van der Waals surface area contributed by atoms with Gasteiger partial charge in [-0.3, -0.25) is 14.5 Å². The van der Waals surface area contributed by atoms with Crippen LogP contribution in [0.1, 0.15) is 76.1 Å². The highest BCUT2D eigenvalue weighted by Crippen LogP contribution is 2.33. The zero-order valence-electron chi connectivity index (χ0n) is 24.4. The lowest BCUT2D eigenvalue weighted by Crippen LogP contribution is -2.43. The predicted octanol–water partition coefficient (Wildman–Crippen LogP) is 3.72. The van der Waals surface area contributed by atoms with Gasteiger partial charge in [-0.25, -0.2) is 9.51 Å². The van der Waals surface area contributed by atoms with Crippen LogP contribution in [0, 0.1) is 29.0 Å². The number of benzene rings is 1. The number of ether oxygens (including phenoxy) is 1. The highest BCUT2D eigenvalue weighted by atomic mass is 19.1. The molecule has 2 aliphatic heterocycles. The molecule has 0 saturated carbocycles. The van der Waals surface area contributed by atoms with Gasteiger partial charge in [-0.2, -0.15) is 9.65 Å². The first-order chi connectivity index (χ1) is 20.3. The number of aliphatic hydroxyl groups is 1. The lowest BCUT2D eigenvalue weighted by molar-refractivity contribution is -0.383. The monoisotopic (exact) mass is 580 g/mol. The summed E-state index contributed by atoms with van der Waals surface area (Å²) >= 11 is 0. The molecule has 2 saturated heterocycles. The van der Waals surface area contributed by atoms with Gasteiger partial charge in [0.25, 0.3) is 11.6 Å². The zero-order chi connectivity index (χ0) is 29.6. The van der Waals surface area contributed by atoms with Crippen LogP contribution in [0.2, 0.25) is 0 Å². The number of halogens is 1. The molecule has 2 fully saturated rings. The summed E-state index contributed by atoms with van der Waals surface area (Å²) in [7, 11) is 0. The third kappa shape index (κ3) is 6.92. The van der Waals surface area contributed by atoms with E-state index in [4.69, 9.17) is 4.52 Å². The quantitative estimate of drug-likeness (QED) is 0.450. The van der Waals surface area contributed by atoms with E-state index in [2.05, 4.69) is 45.0 Å². The summed E-state index contributed by atoms with van der Waals surface area (Å²) < 4.78 is 25.1. The number of hydrogen-bond donors (Lipinski definition) is 1. The van der Waals surface area contributed by atoms with Gasteiger partial charge in [-0.15, -0.1) is 0 Å². The largest absolute Gasteiger partial charge is 0.580 e. The van der Waals surface area contributed by atoms with Crippen LogP contribution in [0.25, 0.3) is 5.57 Å². The molecule has 1 aromatic carbocycles. The molecule has 3 N–H and O–H groups in total. The number of nitriles is 1. The van der Waals surface area contributed by atoms with Crippen LogP contribution >= 0.6 is 0 Å². The summed E-state index contributed by atoms with van der Waals surface area (Å²) in [5.41, 5.74) is 1.83. The van der Waals surface area contributed by atoms with Gasteiger partial charge in [0.15, 0.2) is 6.61 Å². The van der Waals surface area contributed by atoms with Crippen molar-refractivity contribution in [3.8, 4) is 11.8 Å². The number of carbonyl (C=O) groups is 2. The molecule has 1 aliphatic carbocycles. The normalized spacial score (nSPS) is 21.3. The standard InChI is InChI=1S/C31H39FN6O4/c1-20(2)29-35-31(42-36-29)37-14-11-21(12-15-37)19-41-27-10-9-24(16-26(27)32)22-5-7-23(8-6-22)30(40)34-18-28(39)38-13-3-4-25(38)17-33/h5,9-10,16,20-21,23,25H,3-4,6-8,11-15,18-19H2,1-2H3,(H,34,40)/p+2/t23?,25-/m0/s1. The number of aromatic amines is 1. The second kappa shape index (κ2) is 13.4. The molecular weight excluding hydrogens is 539 g/mol. The predicted molar refractivity (Wildman–Crippen MR) is 154 cm³/mol. The SMILES string of the molecule is CC(C)c1noc(N2CCC(C[OH+]c3ccc(C4=CCC(C(=O)NCC(=O)N5CCC[C@H]5C#N)CC4)cc3F)CC2)[nH+]1. The Bertz CT molecular complexity index is 1340. The van der Waals surface area contributed by atoms with Gasteiger partial charge < -0.3 is 15.0 Å². The lowest BCUT2D eigenvalue weighted by Gasteiger charge is -2.26. The summed E-state index contributed by atoms with van der Waals surface area (Å²) in [6, 6.07) is 7.65. The molecule has 1 aromatic heterocycles. The minimum atomic E-state index is -0.393. The molecular formula is C31H41FN6O4+2. The second-order valence-corrected chi connectivity index (χ2v) is 11.9. The van der Waals surface area contributed by atoms with Crippen molar-refractivity contribution in [1.82, 2.24) is 15.4 Å². The Kier molecular flexibility index (Phi) is 9.40. The molecule has 0 bridgehead atoms. The molecule has 42 heavy (non-hydrogen) atoms. The molecule has 224 valence electrons. The third-order valence-electron chi connectivity index (χ3n) is 8.67. The number of piperidine rings is 1. The highest BCUT2D eigenvalue weighted by Gasteiger charge is 2.31. The van der Waals surface area contributed by atoms with E-state index < -0.39 is 6.04 Å². The number of allylic oxidation sites excluding steroid dienone is 2. The Hall–Kier alpha value is -3.94. The number of amides is 2. The first-order valence-electron chi connectivity index (χ1n) is 15.1. The Labute approximate surface area is 245 Å². The van der Waals surface area contributed by atoms with Crippen molar-refractivity contribution in [1.29, 1.82) is 5.26 Å². The molecule has 10 nitrogen and oxygen atoms in total. The van der Waals surface area contributed by atoms with Crippen molar-refractivity contribution in [2.45, 2.75) is 70.8 Å². The van der Waals surface area contributed by atoms with E-state index in [9.17, 15) is 19.2 Å². The van der Waals surface area contributed by atoms with Crippen LogP contribution in [0.3, 0.4) is 0 Å². The Morgan fingerprint density at radius 1 is 1.24 bits per heavy atom. The maximum Gasteiger partial charge on any atom is 0.435 e. The fourth-order valence-corrected chi connectivity index (χ4v) is 5.96. The van der Waals surface area contributed by atoms with E-state index in [-0.39, 0.29) is 36.0 Å². The Morgan fingerprint density at radius 2 is 2.05 bits per heavy atom. The summed E-state index contributed by atoms with van der Waals surface area (Å²) in [5, 5.41) is 16.0. The van der Waals surface area contributed by atoms with Crippen molar-refractivity contribution in [2.24, 2.45) is 11.8 Å². The number of aromatic nitrogens is 2. The van der Waals surface area contributed by atoms with Crippen molar-refractivity contribution >= 4 is 23.4 Å². The zero-order valence-corrected chi connectivity index (χ0v) is 24.4. The summed E-state index contributed by atoms with van der Waals surface area (Å²) in [4.78, 5) is 32.1. The van der Waals surface area contributed by atoms with Gasteiger partial charge in [0, 0.05) is 30.4 Å². The van der Waals surface area contributed by atoms with Gasteiger partial charge >= 0.3 is 6.01 Å². The van der Waals surface area contributed by atoms with E-state index in [1.807, 2.05) is 12.1 Å². The van der Waals surface area contributed by atoms with Crippen molar-refractivity contribution in [3.05, 3.63) is 41.5 Å². The molecule has 3 heterocycles. The number of likely N-dealkylation sites (tertiary alicyclic amines) is 1.